The molecule has 4 rings (SSSR count). The molecule has 1 fully saturated rings. The standard InChI is InChI=1S/C21H13Cl2N3O3S/c22-14-7-5-11(9-15(14)23)17-8-6-12(29-17)10-18-20(28)26-21(30-18)25-16-4-2-1-3-13(16)19(24)27/h1-10H,(H2,24,27)(H,25,26,28)/b18-10+. The van der Waals surface area contributed by atoms with Gasteiger partial charge in [-0.1, -0.05) is 35.3 Å². The minimum Gasteiger partial charge on any atom is -0.457 e. The van der Waals surface area contributed by atoms with Gasteiger partial charge in [0.1, 0.15) is 11.5 Å². The van der Waals surface area contributed by atoms with Gasteiger partial charge in [-0.05, 0) is 54.2 Å². The smallest absolute Gasteiger partial charge is 0.264 e. The SMILES string of the molecule is NC(=O)c1ccccc1N=C1NC(=O)/C(=C\c2ccc(-c3ccc(Cl)c(Cl)c3)o2)S1. The third kappa shape index (κ3) is 4.28. The zero-order valence-corrected chi connectivity index (χ0v) is 17.5. The van der Waals surface area contributed by atoms with E-state index in [0.29, 0.717) is 37.3 Å². The third-order valence-corrected chi connectivity index (χ3v) is 5.80. The van der Waals surface area contributed by atoms with Crippen molar-refractivity contribution in [2.45, 2.75) is 0 Å². The lowest BCUT2D eigenvalue weighted by atomic mass is 10.2. The van der Waals surface area contributed by atoms with E-state index in [2.05, 4.69) is 10.3 Å². The van der Waals surface area contributed by atoms with E-state index in [1.54, 1.807) is 60.7 Å². The second-order valence-electron chi connectivity index (χ2n) is 6.19. The van der Waals surface area contributed by atoms with Gasteiger partial charge in [0, 0.05) is 11.6 Å². The highest BCUT2D eigenvalue weighted by molar-refractivity contribution is 8.18. The fourth-order valence-corrected chi connectivity index (χ4v) is 3.85. The number of rotatable bonds is 4. The molecular weight excluding hydrogens is 445 g/mol. The van der Waals surface area contributed by atoms with Crippen LogP contribution in [0.25, 0.3) is 17.4 Å². The lowest BCUT2D eigenvalue weighted by molar-refractivity contribution is -0.115. The Morgan fingerprint density at radius 1 is 1.10 bits per heavy atom. The number of thioether (sulfide) groups is 1. The van der Waals surface area contributed by atoms with Gasteiger partial charge in [-0.25, -0.2) is 4.99 Å². The second-order valence-corrected chi connectivity index (χ2v) is 8.04. The number of para-hydroxylation sites is 1. The molecule has 30 heavy (non-hydrogen) atoms. The largest absolute Gasteiger partial charge is 0.457 e. The van der Waals surface area contributed by atoms with Crippen LogP contribution in [0.3, 0.4) is 0 Å². The molecule has 150 valence electrons. The van der Waals surface area contributed by atoms with Crippen LogP contribution >= 0.6 is 35.0 Å². The molecule has 9 heteroatoms. The second kappa shape index (κ2) is 8.39. The number of hydrogen-bond donors (Lipinski definition) is 2. The van der Waals surface area contributed by atoms with Crippen LogP contribution in [0.2, 0.25) is 10.0 Å². The third-order valence-electron chi connectivity index (χ3n) is 4.15. The number of carbonyl (C=O) groups excluding carboxylic acids is 2. The number of primary amides is 1. The van der Waals surface area contributed by atoms with Crippen LogP contribution in [0, 0.1) is 0 Å². The Morgan fingerprint density at radius 2 is 1.90 bits per heavy atom. The van der Waals surface area contributed by atoms with Crippen molar-refractivity contribution < 1.29 is 14.0 Å². The number of nitrogens with two attached hydrogens (primary N) is 1. The predicted molar refractivity (Wildman–Crippen MR) is 120 cm³/mol. The number of halogens is 2. The van der Waals surface area contributed by atoms with Crippen LogP contribution in [0.4, 0.5) is 5.69 Å². The summed E-state index contributed by atoms with van der Waals surface area (Å²) in [6.07, 6.45) is 1.61. The first-order valence-electron chi connectivity index (χ1n) is 8.64. The Morgan fingerprint density at radius 3 is 2.67 bits per heavy atom. The maximum Gasteiger partial charge on any atom is 0.264 e. The molecule has 2 heterocycles. The summed E-state index contributed by atoms with van der Waals surface area (Å²) in [5.74, 6) is 0.175. The van der Waals surface area contributed by atoms with E-state index in [1.165, 1.54) is 0 Å². The highest BCUT2D eigenvalue weighted by Crippen LogP contribution is 2.32. The molecule has 1 aliphatic rings. The van der Waals surface area contributed by atoms with E-state index >= 15 is 0 Å². The van der Waals surface area contributed by atoms with Gasteiger partial charge in [-0.15, -0.1) is 0 Å². The van der Waals surface area contributed by atoms with Crippen molar-refractivity contribution in [1.82, 2.24) is 5.32 Å². The van der Waals surface area contributed by atoms with E-state index in [9.17, 15) is 9.59 Å². The Bertz CT molecular complexity index is 1230. The summed E-state index contributed by atoms with van der Waals surface area (Å²) < 4.78 is 5.81. The Kier molecular flexibility index (Phi) is 5.67. The monoisotopic (exact) mass is 457 g/mol. The number of nitrogens with one attached hydrogen (secondary N) is 1. The molecule has 0 spiro atoms. The van der Waals surface area contributed by atoms with Crippen molar-refractivity contribution in [3.63, 3.8) is 0 Å². The van der Waals surface area contributed by atoms with Crippen LogP contribution in [-0.2, 0) is 4.79 Å². The van der Waals surface area contributed by atoms with Gasteiger partial charge in [-0.3, -0.25) is 9.59 Å². The Hall–Kier alpha value is -3.00. The van der Waals surface area contributed by atoms with Crippen LogP contribution in [0.5, 0.6) is 0 Å². The van der Waals surface area contributed by atoms with Crippen molar-refractivity contribution in [3.05, 3.63) is 80.9 Å². The normalized spacial score (nSPS) is 16.3. The number of hydrogen-bond acceptors (Lipinski definition) is 5. The fourth-order valence-electron chi connectivity index (χ4n) is 2.73. The molecule has 2 amide bonds. The van der Waals surface area contributed by atoms with Crippen molar-refractivity contribution >= 4 is 63.7 Å². The molecule has 3 aromatic rings. The number of furan rings is 1. The van der Waals surface area contributed by atoms with E-state index in [-0.39, 0.29) is 11.5 Å². The zero-order valence-electron chi connectivity index (χ0n) is 15.2. The molecule has 0 atom stereocenters. The molecule has 2 aromatic carbocycles. The topological polar surface area (TPSA) is 97.7 Å². The van der Waals surface area contributed by atoms with Crippen molar-refractivity contribution in [3.8, 4) is 11.3 Å². The number of nitrogens with zero attached hydrogens (tertiary/aromatic N) is 1. The van der Waals surface area contributed by atoms with Gasteiger partial charge < -0.3 is 15.5 Å². The average molecular weight is 458 g/mol. The van der Waals surface area contributed by atoms with Gasteiger partial charge in [-0.2, -0.15) is 0 Å². The molecule has 0 saturated carbocycles. The average Bonchev–Trinajstić information content (AvgIpc) is 3.31. The zero-order chi connectivity index (χ0) is 21.3. The number of carbonyl (C=O) groups is 2. The molecule has 0 radical (unpaired) electrons. The minimum atomic E-state index is -0.592. The molecule has 1 saturated heterocycles. The summed E-state index contributed by atoms with van der Waals surface area (Å²) in [7, 11) is 0. The fraction of sp³-hybridized carbons (Fsp3) is 0. The van der Waals surface area contributed by atoms with Gasteiger partial charge in [0.15, 0.2) is 5.17 Å². The summed E-state index contributed by atoms with van der Waals surface area (Å²) >= 11 is 13.1. The number of benzene rings is 2. The van der Waals surface area contributed by atoms with Crippen molar-refractivity contribution in [2.24, 2.45) is 10.7 Å². The summed E-state index contributed by atoms with van der Waals surface area (Å²) in [5.41, 5.74) is 6.79. The molecular formula is C21H13Cl2N3O3S. The van der Waals surface area contributed by atoms with Gasteiger partial charge >= 0.3 is 0 Å². The molecule has 3 N–H and O–H groups in total. The summed E-state index contributed by atoms with van der Waals surface area (Å²) in [5, 5.41) is 3.90. The number of amidine groups is 1. The van der Waals surface area contributed by atoms with Crippen LogP contribution in [-0.4, -0.2) is 17.0 Å². The van der Waals surface area contributed by atoms with Gasteiger partial charge in [0.25, 0.3) is 11.8 Å². The first kappa shape index (κ1) is 20.3. The quantitative estimate of drug-likeness (QED) is 0.523. The van der Waals surface area contributed by atoms with E-state index in [0.717, 1.165) is 17.3 Å². The first-order chi connectivity index (χ1) is 14.4. The molecule has 1 aromatic heterocycles. The van der Waals surface area contributed by atoms with E-state index < -0.39 is 5.91 Å². The van der Waals surface area contributed by atoms with E-state index in [4.69, 9.17) is 33.4 Å². The maximum absolute atomic E-state index is 12.3. The number of amides is 2. The lowest BCUT2D eigenvalue weighted by Crippen LogP contribution is -2.19. The van der Waals surface area contributed by atoms with Gasteiger partial charge in [0.2, 0.25) is 0 Å². The Balaban J connectivity index is 1.57. The lowest BCUT2D eigenvalue weighted by Gasteiger charge is -2.01. The summed E-state index contributed by atoms with van der Waals surface area (Å²) in [6.45, 7) is 0. The first-order valence-corrected chi connectivity index (χ1v) is 10.2. The molecule has 1 aliphatic heterocycles. The van der Waals surface area contributed by atoms with Crippen molar-refractivity contribution in [1.29, 1.82) is 0 Å². The summed E-state index contributed by atoms with van der Waals surface area (Å²) in [4.78, 5) is 28.6. The molecule has 0 bridgehead atoms. The van der Waals surface area contributed by atoms with Crippen molar-refractivity contribution in [2.75, 3.05) is 0 Å². The predicted octanol–water partition coefficient (Wildman–Crippen LogP) is 5.24. The maximum atomic E-state index is 12.3. The Labute approximate surface area is 185 Å². The van der Waals surface area contributed by atoms with Crippen LogP contribution in [0.15, 0.2) is 68.9 Å². The molecule has 0 unspecified atom stereocenters. The molecule has 6 nitrogen and oxygen atoms in total. The van der Waals surface area contributed by atoms with E-state index in [1.807, 2.05) is 0 Å². The molecule has 0 aliphatic carbocycles. The minimum absolute atomic E-state index is 0.273. The number of aliphatic imine (C=N–C) groups is 1. The van der Waals surface area contributed by atoms with Crippen LogP contribution in [0.1, 0.15) is 16.1 Å². The summed E-state index contributed by atoms with van der Waals surface area (Å²) in [6, 6.07) is 15.4. The van der Waals surface area contributed by atoms with Gasteiger partial charge in [0.05, 0.1) is 26.2 Å². The van der Waals surface area contributed by atoms with Crippen LogP contribution < -0.4 is 11.1 Å². The highest BCUT2D eigenvalue weighted by Gasteiger charge is 2.25. The highest BCUT2D eigenvalue weighted by atomic mass is 35.5.